The van der Waals surface area contributed by atoms with E-state index in [4.69, 9.17) is 21.4 Å². The molecule has 112 valence electrons. The molecule has 0 radical (unpaired) electrons. The molecule has 1 atom stereocenters. The molecular weight excluding hydrogens is 278 g/mol. The van der Waals surface area contributed by atoms with Gasteiger partial charge < -0.3 is 15.2 Å². The number of aliphatic carboxylic acids is 1. The third-order valence-electron chi connectivity index (χ3n) is 2.79. The predicted octanol–water partition coefficient (Wildman–Crippen LogP) is 3.47. The highest BCUT2D eigenvalue weighted by atomic mass is 35.5. The van der Waals surface area contributed by atoms with Crippen LogP contribution in [-0.4, -0.2) is 23.2 Å². The molecule has 0 saturated carbocycles. The molecule has 5 heteroatoms. The lowest BCUT2D eigenvalue weighted by Crippen LogP contribution is -2.35. The first-order chi connectivity index (χ1) is 9.43. The highest BCUT2D eigenvalue weighted by molar-refractivity contribution is 6.32. The molecule has 20 heavy (non-hydrogen) atoms. The molecule has 2 N–H and O–H groups in total. The summed E-state index contributed by atoms with van der Waals surface area (Å²) in [4.78, 5) is 11.0. The summed E-state index contributed by atoms with van der Waals surface area (Å²) in [5, 5.41) is 12.6. The zero-order chi connectivity index (χ0) is 15.1. The van der Waals surface area contributed by atoms with Gasteiger partial charge in [-0.3, -0.25) is 4.79 Å². The number of hydrogen-bond donors (Lipinski definition) is 2. The van der Waals surface area contributed by atoms with E-state index in [9.17, 15) is 4.79 Å². The molecule has 1 aromatic carbocycles. The van der Waals surface area contributed by atoms with Crippen molar-refractivity contribution in [3.8, 4) is 5.75 Å². The Bertz CT molecular complexity index is 449. The Hall–Kier alpha value is -1.26. The van der Waals surface area contributed by atoms with Crippen molar-refractivity contribution in [2.75, 3.05) is 0 Å². The quantitative estimate of drug-likeness (QED) is 0.771. The number of benzene rings is 1. The minimum atomic E-state index is -0.822. The van der Waals surface area contributed by atoms with Gasteiger partial charge in [0.05, 0.1) is 11.1 Å². The van der Waals surface area contributed by atoms with Crippen molar-refractivity contribution < 1.29 is 14.6 Å². The van der Waals surface area contributed by atoms with Crippen molar-refractivity contribution >= 4 is 17.6 Å². The molecule has 0 aliphatic rings. The van der Waals surface area contributed by atoms with Crippen molar-refractivity contribution in [2.24, 2.45) is 0 Å². The summed E-state index contributed by atoms with van der Waals surface area (Å²) in [6.07, 6.45) is 1.50. The summed E-state index contributed by atoms with van der Waals surface area (Å²) in [6, 6.07) is 4.98. The zero-order valence-electron chi connectivity index (χ0n) is 12.1. The minimum Gasteiger partial charge on any atom is -0.489 e. The van der Waals surface area contributed by atoms with Crippen LogP contribution in [0, 0.1) is 0 Å². The fraction of sp³-hybridized carbons (Fsp3) is 0.533. The maximum atomic E-state index is 11.0. The number of rotatable bonds is 8. The van der Waals surface area contributed by atoms with Gasteiger partial charge in [-0.15, -0.1) is 0 Å². The summed E-state index contributed by atoms with van der Waals surface area (Å²) in [7, 11) is 0. The summed E-state index contributed by atoms with van der Waals surface area (Å²) in [5.74, 6) is -0.175. The van der Waals surface area contributed by atoms with Crippen LogP contribution in [0.1, 0.15) is 39.2 Å². The molecule has 0 bridgehead atoms. The second-order valence-corrected chi connectivity index (χ2v) is 5.40. The number of ether oxygens (including phenoxy) is 1. The molecule has 1 rings (SSSR count). The minimum absolute atomic E-state index is 0.0671. The van der Waals surface area contributed by atoms with Crippen molar-refractivity contribution in [3.05, 3.63) is 28.8 Å². The Morgan fingerprint density at radius 3 is 2.65 bits per heavy atom. The van der Waals surface area contributed by atoms with Crippen LogP contribution in [0.5, 0.6) is 5.75 Å². The monoisotopic (exact) mass is 299 g/mol. The van der Waals surface area contributed by atoms with Gasteiger partial charge in [0.15, 0.2) is 0 Å². The average molecular weight is 300 g/mol. The van der Waals surface area contributed by atoms with Crippen molar-refractivity contribution in [2.45, 2.75) is 52.3 Å². The van der Waals surface area contributed by atoms with E-state index in [-0.39, 0.29) is 6.10 Å². The number of carbonyl (C=O) groups is 1. The first-order valence-electron chi connectivity index (χ1n) is 6.85. The fourth-order valence-electron chi connectivity index (χ4n) is 1.85. The van der Waals surface area contributed by atoms with Crippen LogP contribution in [0.3, 0.4) is 0 Å². The number of hydrogen-bond acceptors (Lipinski definition) is 3. The lowest BCUT2D eigenvalue weighted by molar-refractivity contribution is -0.139. The number of nitrogens with one attached hydrogen (secondary N) is 1. The summed E-state index contributed by atoms with van der Waals surface area (Å²) < 4.78 is 5.56. The van der Waals surface area contributed by atoms with E-state index in [1.807, 2.05) is 32.9 Å². The van der Waals surface area contributed by atoms with Gasteiger partial charge in [0.25, 0.3) is 0 Å². The number of halogens is 1. The highest BCUT2D eigenvalue weighted by Gasteiger charge is 2.15. The first kappa shape index (κ1) is 16.8. The lowest BCUT2D eigenvalue weighted by atomic mass is 10.1. The van der Waals surface area contributed by atoms with Gasteiger partial charge in [-0.25, -0.2) is 0 Å². The van der Waals surface area contributed by atoms with Gasteiger partial charge in [0, 0.05) is 6.54 Å². The Morgan fingerprint density at radius 1 is 1.45 bits per heavy atom. The molecule has 0 spiro atoms. The summed E-state index contributed by atoms with van der Waals surface area (Å²) in [6.45, 7) is 6.31. The third kappa shape index (κ3) is 5.39. The molecule has 0 aliphatic heterocycles. The van der Waals surface area contributed by atoms with Gasteiger partial charge in [-0.05, 0) is 38.0 Å². The topological polar surface area (TPSA) is 58.6 Å². The van der Waals surface area contributed by atoms with Gasteiger partial charge in [-0.1, -0.05) is 31.0 Å². The van der Waals surface area contributed by atoms with Gasteiger partial charge >= 0.3 is 5.97 Å². The maximum absolute atomic E-state index is 11.0. The normalized spacial score (nSPS) is 12.4. The van der Waals surface area contributed by atoms with E-state index >= 15 is 0 Å². The summed E-state index contributed by atoms with van der Waals surface area (Å²) in [5.41, 5.74) is 0.938. The molecule has 4 nitrogen and oxygen atoms in total. The van der Waals surface area contributed by atoms with Crippen LogP contribution >= 0.6 is 11.6 Å². The van der Waals surface area contributed by atoms with E-state index < -0.39 is 12.0 Å². The van der Waals surface area contributed by atoms with Crippen LogP contribution < -0.4 is 10.1 Å². The predicted molar refractivity (Wildman–Crippen MR) is 80.4 cm³/mol. The van der Waals surface area contributed by atoms with Crippen LogP contribution in [0.25, 0.3) is 0 Å². The SMILES string of the molecule is CCCC(NCc1ccc(OC(C)C)c(Cl)c1)C(=O)O. The molecule has 0 fully saturated rings. The van der Waals surface area contributed by atoms with Gasteiger partial charge in [0.2, 0.25) is 0 Å². The molecule has 1 unspecified atom stereocenters. The number of carboxylic acid groups (broad SMARTS) is 1. The Morgan fingerprint density at radius 2 is 2.15 bits per heavy atom. The highest BCUT2D eigenvalue weighted by Crippen LogP contribution is 2.26. The second-order valence-electron chi connectivity index (χ2n) is 4.99. The van der Waals surface area contributed by atoms with Crippen LogP contribution in [0.15, 0.2) is 18.2 Å². The van der Waals surface area contributed by atoms with Crippen molar-refractivity contribution in [3.63, 3.8) is 0 Å². The molecule has 0 aromatic heterocycles. The van der Waals surface area contributed by atoms with E-state index in [1.165, 1.54) is 0 Å². The van der Waals surface area contributed by atoms with Crippen LogP contribution in [-0.2, 0) is 11.3 Å². The third-order valence-corrected chi connectivity index (χ3v) is 3.08. The summed E-state index contributed by atoms with van der Waals surface area (Å²) >= 11 is 6.14. The van der Waals surface area contributed by atoms with Gasteiger partial charge in [-0.2, -0.15) is 0 Å². The van der Waals surface area contributed by atoms with E-state index in [0.29, 0.717) is 23.7 Å². The molecular formula is C15H22ClNO3. The Balaban J connectivity index is 2.64. The standard InChI is InChI=1S/C15H22ClNO3/c1-4-5-13(15(18)19)17-9-11-6-7-14(12(16)8-11)20-10(2)3/h6-8,10,13,17H,4-5,9H2,1-3H3,(H,18,19). The van der Waals surface area contributed by atoms with Crippen LogP contribution in [0.4, 0.5) is 0 Å². The molecule has 0 heterocycles. The van der Waals surface area contributed by atoms with Gasteiger partial charge in [0.1, 0.15) is 11.8 Å². The average Bonchev–Trinajstić information content (AvgIpc) is 2.36. The van der Waals surface area contributed by atoms with Crippen LogP contribution in [0.2, 0.25) is 5.02 Å². The second kappa shape index (κ2) is 8.12. The smallest absolute Gasteiger partial charge is 0.320 e. The Labute approximate surface area is 125 Å². The number of carboxylic acids is 1. The van der Waals surface area contributed by atoms with E-state index in [2.05, 4.69) is 5.32 Å². The largest absolute Gasteiger partial charge is 0.489 e. The fourth-order valence-corrected chi connectivity index (χ4v) is 2.09. The van der Waals surface area contributed by atoms with E-state index in [1.54, 1.807) is 6.07 Å². The molecule has 0 amide bonds. The maximum Gasteiger partial charge on any atom is 0.320 e. The molecule has 0 aliphatic carbocycles. The molecule has 0 saturated heterocycles. The van der Waals surface area contributed by atoms with Crippen molar-refractivity contribution in [1.82, 2.24) is 5.32 Å². The van der Waals surface area contributed by atoms with E-state index in [0.717, 1.165) is 12.0 Å². The zero-order valence-corrected chi connectivity index (χ0v) is 12.9. The molecule has 1 aromatic rings. The van der Waals surface area contributed by atoms with Crippen molar-refractivity contribution in [1.29, 1.82) is 0 Å². The Kier molecular flexibility index (Phi) is 6.82. The lowest BCUT2D eigenvalue weighted by Gasteiger charge is -2.15. The first-order valence-corrected chi connectivity index (χ1v) is 7.23.